The SMILES string of the molecule is [2H]C(F)(F)C(F)(F)C(F)(F)F.[2H]COC(=O)C(=C)C([2H])([2H])[2H]. The highest BCUT2D eigenvalue weighted by Gasteiger charge is 2.64. The first-order chi connectivity index (χ1) is 9.39. The molecule has 2 nitrogen and oxygen atoms in total. The molecule has 0 aromatic rings. The predicted molar refractivity (Wildman–Crippen MR) is 43.8 cm³/mol. The quantitative estimate of drug-likeness (QED) is 0.439. The first-order valence-electron chi connectivity index (χ1n) is 6.08. The summed E-state index contributed by atoms with van der Waals surface area (Å²) in [4.78, 5) is 10.6. The van der Waals surface area contributed by atoms with Crippen molar-refractivity contribution in [3.8, 4) is 0 Å². The van der Waals surface area contributed by atoms with Crippen LogP contribution in [0.5, 0.6) is 0 Å². The van der Waals surface area contributed by atoms with Gasteiger partial charge in [-0.2, -0.15) is 22.0 Å². The molecular weight excluding hydrogens is 261 g/mol. The van der Waals surface area contributed by atoms with Crippen molar-refractivity contribution in [3.05, 3.63) is 12.2 Å². The van der Waals surface area contributed by atoms with E-state index in [0.717, 1.165) is 0 Å². The van der Waals surface area contributed by atoms with E-state index in [9.17, 15) is 35.5 Å². The van der Waals surface area contributed by atoms with Gasteiger partial charge in [0.1, 0.15) is 1.37 Å². The molecule has 0 saturated carbocycles. The number of halogens is 7. The Hall–Kier alpha value is -1.28. The molecule has 17 heavy (non-hydrogen) atoms. The maximum atomic E-state index is 11.4. The minimum atomic E-state index is -6.39. The minimum absolute atomic E-state index is 0.589. The number of hydrogen-bond donors (Lipinski definition) is 0. The molecule has 0 spiro atoms. The second-order valence-electron chi connectivity index (χ2n) is 2.24. The molecule has 0 aromatic carbocycles. The Bertz CT molecular complexity index is 383. The number of carbonyl (C=O) groups is 1. The lowest BCUT2D eigenvalue weighted by atomic mass is 10.3. The molecule has 0 amide bonds. The Labute approximate surface area is 99.1 Å². The standard InChI is InChI=1S/C5H8O2.C3HF7/c1-4(2)5(6)7-3;4-1(5)2(6,7)3(8,9)10/h1H2,2-3H3;1H/i2D3,3D;1D. The van der Waals surface area contributed by atoms with Crippen LogP contribution in [0, 0.1) is 0 Å². The monoisotopic (exact) mass is 275 g/mol. The summed E-state index contributed by atoms with van der Waals surface area (Å²) in [7, 11) is -0.589. The van der Waals surface area contributed by atoms with Crippen LogP contribution in [0.15, 0.2) is 12.2 Å². The van der Waals surface area contributed by atoms with Crippen LogP contribution in [0.3, 0.4) is 0 Å². The highest BCUT2D eigenvalue weighted by atomic mass is 19.4. The molecular formula is C8H9F7O2. The summed E-state index contributed by atoms with van der Waals surface area (Å²) < 4.78 is 114. The van der Waals surface area contributed by atoms with Gasteiger partial charge in [-0.3, -0.25) is 0 Å². The van der Waals surface area contributed by atoms with Gasteiger partial charge in [0, 0.05) is 9.69 Å². The molecule has 0 rings (SSSR count). The van der Waals surface area contributed by atoms with Gasteiger partial charge in [-0.05, 0) is 6.85 Å². The highest BCUT2D eigenvalue weighted by Crippen LogP contribution is 2.39. The first-order valence-corrected chi connectivity index (χ1v) is 3.37. The summed E-state index contributed by atoms with van der Waals surface area (Å²) in [5.41, 5.74) is -0.593. The maximum Gasteiger partial charge on any atom is 0.459 e. The van der Waals surface area contributed by atoms with Crippen molar-refractivity contribution in [2.24, 2.45) is 0 Å². The molecule has 0 fully saturated rings. The fourth-order valence-corrected chi connectivity index (χ4v) is 0.194. The fourth-order valence-electron chi connectivity index (χ4n) is 0.194. The molecule has 102 valence electrons. The van der Waals surface area contributed by atoms with Gasteiger partial charge in [0.25, 0.3) is 0 Å². The van der Waals surface area contributed by atoms with E-state index in [1.54, 1.807) is 0 Å². The second-order valence-corrected chi connectivity index (χ2v) is 2.24. The number of rotatable bonds is 2. The molecule has 0 heterocycles. The van der Waals surface area contributed by atoms with E-state index < -0.39 is 44.0 Å². The Morgan fingerprint density at radius 3 is 2.00 bits per heavy atom. The molecule has 0 N–H and O–H groups in total. The predicted octanol–water partition coefficient (Wildman–Crippen LogP) is 3.18. The molecule has 0 aliphatic heterocycles. The molecule has 0 atom stereocenters. The number of carbonyl (C=O) groups excluding carboxylic acids is 1. The fraction of sp³-hybridized carbons (Fsp3) is 0.625. The van der Waals surface area contributed by atoms with Crippen molar-refractivity contribution in [2.45, 2.75) is 25.4 Å². The van der Waals surface area contributed by atoms with E-state index >= 15 is 0 Å². The van der Waals surface area contributed by atoms with Crippen LogP contribution >= 0.6 is 0 Å². The lowest BCUT2D eigenvalue weighted by molar-refractivity contribution is -0.320. The van der Waals surface area contributed by atoms with Gasteiger partial charge in [-0.25, -0.2) is 13.6 Å². The molecule has 0 bridgehead atoms. The van der Waals surface area contributed by atoms with Crippen molar-refractivity contribution >= 4 is 5.97 Å². The maximum absolute atomic E-state index is 11.4. The Morgan fingerprint density at radius 2 is 1.82 bits per heavy atom. The van der Waals surface area contributed by atoms with E-state index in [1.807, 2.05) is 0 Å². The van der Waals surface area contributed by atoms with Gasteiger partial charge in [-0.15, -0.1) is 0 Å². The number of alkyl halides is 7. The van der Waals surface area contributed by atoms with Crippen LogP contribution in [-0.2, 0) is 9.53 Å². The van der Waals surface area contributed by atoms with E-state index in [2.05, 4.69) is 11.3 Å². The molecule has 0 radical (unpaired) electrons. The number of hydrogen-bond acceptors (Lipinski definition) is 2. The zero-order valence-corrected chi connectivity index (χ0v) is 7.88. The third-order valence-corrected chi connectivity index (χ3v) is 0.971. The topological polar surface area (TPSA) is 26.3 Å². The van der Waals surface area contributed by atoms with Crippen molar-refractivity contribution < 1.29 is 47.1 Å². The van der Waals surface area contributed by atoms with Crippen molar-refractivity contribution in [1.82, 2.24) is 0 Å². The summed E-state index contributed by atoms with van der Waals surface area (Å²) in [6.07, 6.45) is -12.2. The molecule has 0 aliphatic rings. The van der Waals surface area contributed by atoms with Crippen molar-refractivity contribution in [1.29, 1.82) is 0 Å². The smallest absolute Gasteiger partial charge is 0.459 e. The van der Waals surface area contributed by atoms with Crippen LogP contribution < -0.4 is 0 Å². The van der Waals surface area contributed by atoms with Crippen LogP contribution in [0.4, 0.5) is 30.7 Å². The zero-order valence-electron chi connectivity index (χ0n) is 12.9. The molecule has 0 aliphatic carbocycles. The van der Waals surface area contributed by atoms with Gasteiger partial charge < -0.3 is 4.74 Å². The van der Waals surface area contributed by atoms with E-state index in [1.165, 1.54) is 0 Å². The lowest BCUT2D eigenvalue weighted by Gasteiger charge is -2.17. The molecule has 0 saturated heterocycles. The second kappa shape index (κ2) is 6.45. The Morgan fingerprint density at radius 1 is 1.35 bits per heavy atom. The summed E-state index contributed by atoms with van der Waals surface area (Å²) >= 11 is 0. The molecule has 0 unspecified atom stereocenters. The first kappa shape index (κ1) is 9.72. The molecule has 0 aromatic heterocycles. The zero-order chi connectivity index (χ0) is 18.6. The van der Waals surface area contributed by atoms with Crippen molar-refractivity contribution in [2.75, 3.05) is 7.09 Å². The summed E-state index contributed by atoms with van der Waals surface area (Å²) in [5.74, 6) is -7.33. The van der Waals surface area contributed by atoms with E-state index in [0.29, 0.717) is 0 Å². The van der Waals surface area contributed by atoms with E-state index in [4.69, 9.17) is 6.85 Å². The Kier molecular flexibility index (Phi) is 3.69. The van der Waals surface area contributed by atoms with Gasteiger partial charge >= 0.3 is 24.5 Å². The summed E-state index contributed by atoms with van der Waals surface area (Å²) in [6.45, 7) is 0.503. The molecule has 9 heteroatoms. The summed E-state index contributed by atoms with van der Waals surface area (Å²) in [5, 5.41) is 0. The van der Waals surface area contributed by atoms with Gasteiger partial charge in [0.2, 0.25) is 0 Å². The van der Waals surface area contributed by atoms with E-state index in [-0.39, 0.29) is 0 Å². The van der Waals surface area contributed by atoms with Crippen LogP contribution in [0.2, 0.25) is 0 Å². The highest BCUT2D eigenvalue weighted by molar-refractivity contribution is 5.86. The summed E-state index contributed by atoms with van der Waals surface area (Å²) in [6, 6.07) is 0. The number of methoxy groups -OCH3 is 1. The van der Waals surface area contributed by atoms with Crippen molar-refractivity contribution in [3.63, 3.8) is 0 Å². The normalized spacial score (nSPS) is 17.2. The largest absolute Gasteiger partial charge is 0.466 e. The third kappa shape index (κ3) is 6.12. The number of ether oxygens (including phenoxy) is 1. The van der Waals surface area contributed by atoms with Crippen LogP contribution in [0.1, 0.15) is 13.7 Å². The lowest BCUT2D eigenvalue weighted by Crippen LogP contribution is -2.42. The number of esters is 1. The van der Waals surface area contributed by atoms with Gasteiger partial charge in [0.15, 0.2) is 0 Å². The van der Waals surface area contributed by atoms with Gasteiger partial charge in [-0.1, -0.05) is 6.58 Å². The van der Waals surface area contributed by atoms with Gasteiger partial charge in [0.05, 0.1) is 8.46 Å². The average Bonchev–Trinajstić information content (AvgIpc) is 2.24. The Balaban J connectivity index is 0. The minimum Gasteiger partial charge on any atom is -0.466 e. The van der Waals surface area contributed by atoms with Crippen LogP contribution in [0.25, 0.3) is 0 Å². The van der Waals surface area contributed by atoms with Crippen LogP contribution in [-0.4, -0.2) is 31.6 Å². The third-order valence-electron chi connectivity index (χ3n) is 0.971. The average molecular weight is 275 g/mol.